The molecule has 2 N–H and O–H groups in total. The Labute approximate surface area is 123 Å². The Morgan fingerprint density at radius 1 is 1.40 bits per heavy atom. The lowest BCUT2D eigenvalue weighted by Crippen LogP contribution is -2.27. The van der Waals surface area contributed by atoms with E-state index in [1.165, 1.54) is 24.5 Å². The van der Waals surface area contributed by atoms with Crippen molar-refractivity contribution in [1.29, 1.82) is 0 Å². The van der Waals surface area contributed by atoms with Crippen LogP contribution in [0.2, 0.25) is 0 Å². The summed E-state index contributed by atoms with van der Waals surface area (Å²) in [6.45, 7) is 2.79. The van der Waals surface area contributed by atoms with Crippen molar-refractivity contribution in [1.82, 2.24) is 0 Å². The van der Waals surface area contributed by atoms with Crippen molar-refractivity contribution in [3.05, 3.63) is 52.0 Å². The predicted molar refractivity (Wildman–Crippen MR) is 82.5 cm³/mol. The molecule has 1 aromatic heterocycles. The normalized spacial score (nSPS) is 16.1. The first-order valence-electron chi connectivity index (χ1n) is 6.98. The number of hydrogen-bond acceptors (Lipinski definition) is 3. The summed E-state index contributed by atoms with van der Waals surface area (Å²) in [4.78, 5) is 2.38. The van der Waals surface area contributed by atoms with Crippen LogP contribution in [0.5, 0.6) is 0 Å². The maximum Gasteiger partial charge on any atom is 0.123 e. The third-order valence-corrected chi connectivity index (χ3v) is 4.44. The highest BCUT2D eigenvalue weighted by molar-refractivity contribution is 7.07. The average Bonchev–Trinajstić information content (AvgIpc) is 3.13. The Balaban J connectivity index is 1.95. The van der Waals surface area contributed by atoms with Gasteiger partial charge in [-0.15, -0.1) is 0 Å². The molecule has 0 amide bonds. The van der Waals surface area contributed by atoms with Gasteiger partial charge in [-0.25, -0.2) is 4.39 Å². The van der Waals surface area contributed by atoms with E-state index in [1.54, 1.807) is 17.4 Å². The van der Waals surface area contributed by atoms with Gasteiger partial charge in [-0.2, -0.15) is 11.3 Å². The van der Waals surface area contributed by atoms with E-state index >= 15 is 0 Å². The molecule has 0 unspecified atom stereocenters. The molecule has 0 aliphatic heterocycles. The third kappa shape index (κ3) is 2.86. The van der Waals surface area contributed by atoms with Crippen LogP contribution in [0.4, 0.5) is 10.1 Å². The number of thiophene rings is 1. The molecule has 1 aliphatic rings. The van der Waals surface area contributed by atoms with Crippen LogP contribution in [-0.4, -0.2) is 6.04 Å². The molecule has 0 saturated heterocycles. The number of benzene rings is 1. The molecule has 2 aromatic rings. The fourth-order valence-corrected chi connectivity index (χ4v) is 3.19. The number of nitrogens with zero attached hydrogens (tertiary/aromatic N) is 1. The summed E-state index contributed by atoms with van der Waals surface area (Å²) >= 11 is 1.71. The van der Waals surface area contributed by atoms with Gasteiger partial charge in [0.2, 0.25) is 0 Å². The van der Waals surface area contributed by atoms with Gasteiger partial charge in [-0.1, -0.05) is 0 Å². The van der Waals surface area contributed by atoms with Gasteiger partial charge in [0, 0.05) is 24.3 Å². The Bertz CT molecular complexity index is 576. The maximum absolute atomic E-state index is 13.5. The first-order valence-corrected chi connectivity index (χ1v) is 7.92. The van der Waals surface area contributed by atoms with Crippen LogP contribution in [0.25, 0.3) is 0 Å². The lowest BCUT2D eigenvalue weighted by atomic mass is 10.0. The standard InChI is InChI=1S/C16H19FN2S/c1-11(18)15-8-13(17)2-5-16(15)19(14-3-4-14)9-12-6-7-20-10-12/h2,5-8,10-11,14H,3-4,9,18H2,1H3/t11-/m0/s1. The molecular formula is C16H19FN2S. The molecule has 20 heavy (non-hydrogen) atoms. The molecule has 1 aliphatic carbocycles. The van der Waals surface area contributed by atoms with Crippen molar-refractivity contribution in [3.8, 4) is 0 Å². The Morgan fingerprint density at radius 3 is 2.80 bits per heavy atom. The van der Waals surface area contributed by atoms with E-state index < -0.39 is 0 Å². The number of hydrogen-bond donors (Lipinski definition) is 1. The molecule has 0 radical (unpaired) electrons. The zero-order valence-electron chi connectivity index (χ0n) is 11.6. The van der Waals surface area contributed by atoms with Gasteiger partial charge < -0.3 is 10.6 Å². The zero-order chi connectivity index (χ0) is 14.1. The van der Waals surface area contributed by atoms with Crippen LogP contribution in [0, 0.1) is 5.82 Å². The summed E-state index contributed by atoms with van der Waals surface area (Å²) in [7, 11) is 0. The zero-order valence-corrected chi connectivity index (χ0v) is 12.4. The minimum Gasteiger partial charge on any atom is -0.364 e. The van der Waals surface area contributed by atoms with Crippen molar-refractivity contribution >= 4 is 17.0 Å². The molecule has 1 fully saturated rings. The van der Waals surface area contributed by atoms with Crippen LogP contribution in [0.1, 0.15) is 36.9 Å². The number of anilines is 1. The van der Waals surface area contributed by atoms with E-state index in [1.807, 2.05) is 13.0 Å². The summed E-state index contributed by atoms with van der Waals surface area (Å²) < 4.78 is 13.5. The second-order valence-electron chi connectivity index (χ2n) is 5.48. The SMILES string of the molecule is C[C@H](N)c1cc(F)ccc1N(Cc1ccsc1)C1CC1. The van der Waals surface area contributed by atoms with Gasteiger partial charge in [0.15, 0.2) is 0 Å². The molecule has 1 atom stereocenters. The van der Waals surface area contributed by atoms with Crippen molar-refractivity contribution in [2.24, 2.45) is 5.73 Å². The van der Waals surface area contributed by atoms with Gasteiger partial charge in [-0.3, -0.25) is 0 Å². The predicted octanol–water partition coefficient (Wildman–Crippen LogP) is 4.08. The summed E-state index contributed by atoms with van der Waals surface area (Å²) in [5.74, 6) is -0.215. The minimum atomic E-state index is -0.215. The molecule has 0 bridgehead atoms. The highest BCUT2D eigenvalue weighted by Crippen LogP contribution is 2.37. The summed E-state index contributed by atoms with van der Waals surface area (Å²) in [6.07, 6.45) is 2.42. The first-order chi connectivity index (χ1) is 9.65. The van der Waals surface area contributed by atoms with Crippen LogP contribution in [0.15, 0.2) is 35.0 Å². The van der Waals surface area contributed by atoms with Crippen LogP contribution < -0.4 is 10.6 Å². The summed E-state index contributed by atoms with van der Waals surface area (Å²) in [5, 5.41) is 4.27. The first kappa shape index (κ1) is 13.6. The fourth-order valence-electron chi connectivity index (χ4n) is 2.53. The lowest BCUT2D eigenvalue weighted by Gasteiger charge is -2.28. The Morgan fingerprint density at radius 2 is 2.20 bits per heavy atom. The van der Waals surface area contributed by atoms with Crippen molar-refractivity contribution in [2.45, 2.75) is 38.4 Å². The van der Waals surface area contributed by atoms with Gasteiger partial charge in [-0.05, 0) is 65.9 Å². The quantitative estimate of drug-likeness (QED) is 0.899. The largest absolute Gasteiger partial charge is 0.364 e. The van der Waals surface area contributed by atoms with Gasteiger partial charge in [0.1, 0.15) is 5.82 Å². The van der Waals surface area contributed by atoms with Crippen LogP contribution in [-0.2, 0) is 6.54 Å². The number of nitrogens with two attached hydrogens (primary N) is 1. The highest BCUT2D eigenvalue weighted by Gasteiger charge is 2.31. The lowest BCUT2D eigenvalue weighted by molar-refractivity contribution is 0.621. The summed E-state index contributed by atoms with van der Waals surface area (Å²) in [5.41, 5.74) is 9.31. The van der Waals surface area contributed by atoms with Gasteiger partial charge in [0.25, 0.3) is 0 Å². The molecule has 0 spiro atoms. The van der Waals surface area contributed by atoms with E-state index in [4.69, 9.17) is 5.73 Å². The molecular weight excluding hydrogens is 271 g/mol. The van der Waals surface area contributed by atoms with E-state index in [-0.39, 0.29) is 11.9 Å². The molecule has 1 aromatic carbocycles. The maximum atomic E-state index is 13.5. The van der Waals surface area contributed by atoms with Gasteiger partial charge >= 0.3 is 0 Å². The van der Waals surface area contributed by atoms with E-state index in [2.05, 4.69) is 21.7 Å². The van der Waals surface area contributed by atoms with Crippen molar-refractivity contribution < 1.29 is 4.39 Å². The van der Waals surface area contributed by atoms with Crippen molar-refractivity contribution in [2.75, 3.05) is 4.90 Å². The van der Waals surface area contributed by atoms with Crippen LogP contribution >= 0.6 is 11.3 Å². The molecule has 4 heteroatoms. The topological polar surface area (TPSA) is 29.3 Å². The van der Waals surface area contributed by atoms with Crippen molar-refractivity contribution in [3.63, 3.8) is 0 Å². The Kier molecular flexibility index (Phi) is 3.76. The fraction of sp³-hybridized carbons (Fsp3) is 0.375. The van der Waals surface area contributed by atoms with Gasteiger partial charge in [0.05, 0.1) is 0 Å². The third-order valence-electron chi connectivity index (χ3n) is 3.71. The number of halogens is 1. The molecule has 2 nitrogen and oxygen atoms in total. The average molecular weight is 290 g/mol. The monoisotopic (exact) mass is 290 g/mol. The Hall–Kier alpha value is -1.39. The van der Waals surface area contributed by atoms with E-state index in [0.29, 0.717) is 6.04 Å². The highest BCUT2D eigenvalue weighted by atomic mass is 32.1. The van der Waals surface area contributed by atoms with Crippen LogP contribution in [0.3, 0.4) is 0 Å². The summed E-state index contributed by atoms with van der Waals surface area (Å²) in [6, 6.07) is 7.53. The van der Waals surface area contributed by atoms with E-state index in [9.17, 15) is 4.39 Å². The smallest absolute Gasteiger partial charge is 0.123 e. The minimum absolute atomic E-state index is 0.163. The van der Waals surface area contributed by atoms with E-state index in [0.717, 1.165) is 17.8 Å². The number of rotatable bonds is 5. The molecule has 106 valence electrons. The second kappa shape index (κ2) is 5.54. The second-order valence-corrected chi connectivity index (χ2v) is 6.26. The molecule has 1 saturated carbocycles. The molecule has 1 heterocycles. The molecule has 3 rings (SSSR count).